The fourth-order valence-corrected chi connectivity index (χ4v) is 7.79. The molecule has 0 fully saturated rings. The number of nitrogens with zero attached hydrogens (tertiary/aromatic N) is 2. The number of ether oxygens (including phenoxy) is 2. The quantitative estimate of drug-likeness (QED) is 0.115. The molecule has 2 aliphatic rings. The van der Waals surface area contributed by atoms with Crippen LogP contribution in [0.5, 0.6) is 0 Å². The normalized spacial score (nSPS) is 17.1. The number of carbonyl (C=O) groups excluding carboxylic acids is 2. The molecule has 8 nitrogen and oxygen atoms in total. The van der Waals surface area contributed by atoms with E-state index in [1.165, 1.54) is 5.56 Å². The highest BCUT2D eigenvalue weighted by Gasteiger charge is 2.45. The van der Waals surface area contributed by atoms with Crippen molar-refractivity contribution in [2.45, 2.75) is 110 Å². The molecule has 0 aromatic heterocycles. The minimum Gasteiger partial charge on any atom is -0.466 e. The highest BCUT2D eigenvalue weighted by Crippen LogP contribution is 2.46. The van der Waals surface area contributed by atoms with E-state index in [0.717, 1.165) is 74.3 Å². The van der Waals surface area contributed by atoms with Crippen molar-refractivity contribution >= 4 is 41.2 Å². The van der Waals surface area contributed by atoms with Crippen LogP contribution in [0.15, 0.2) is 58.1 Å². The molecule has 0 radical (unpaired) electrons. The van der Waals surface area contributed by atoms with Crippen LogP contribution in [-0.2, 0) is 29.9 Å². The molecule has 5 rings (SSSR count). The lowest BCUT2D eigenvalue weighted by atomic mass is 9.79. The second-order valence-electron chi connectivity index (χ2n) is 14.6. The summed E-state index contributed by atoms with van der Waals surface area (Å²) in [6.07, 6.45) is 9.56. The molecule has 2 aliphatic heterocycles. The Morgan fingerprint density at radius 2 is 1.34 bits per heavy atom. The molecule has 0 amide bonds. The molecule has 8 heteroatoms. The van der Waals surface area contributed by atoms with Gasteiger partial charge in [-0.1, -0.05) is 56.7 Å². The van der Waals surface area contributed by atoms with Gasteiger partial charge in [-0.3, -0.25) is 19.2 Å². The Kier molecular flexibility index (Phi) is 11.6. The van der Waals surface area contributed by atoms with Crippen molar-refractivity contribution in [1.82, 2.24) is 0 Å². The Bertz CT molecular complexity index is 1910. The predicted molar refractivity (Wildman–Crippen MR) is 200 cm³/mol. The van der Waals surface area contributed by atoms with Crippen LogP contribution in [0, 0.1) is 0 Å². The van der Waals surface area contributed by atoms with Crippen molar-refractivity contribution < 1.29 is 23.6 Å². The van der Waals surface area contributed by atoms with E-state index in [4.69, 9.17) is 9.47 Å². The van der Waals surface area contributed by atoms with Crippen molar-refractivity contribution in [2.75, 3.05) is 31.2 Å². The van der Waals surface area contributed by atoms with Crippen LogP contribution in [0.2, 0.25) is 0 Å². The predicted octanol–water partition coefficient (Wildman–Crippen LogP) is 5.33. The molecule has 50 heavy (non-hydrogen) atoms. The third-order valence-corrected chi connectivity index (χ3v) is 10.5. The average molecular weight is 682 g/mol. The summed E-state index contributed by atoms with van der Waals surface area (Å²) >= 11 is 0. The lowest BCUT2D eigenvalue weighted by Gasteiger charge is -2.32. The van der Waals surface area contributed by atoms with E-state index >= 15 is 0 Å². The lowest BCUT2D eigenvalue weighted by Crippen LogP contribution is -2.66. The van der Waals surface area contributed by atoms with Crippen LogP contribution >= 0.6 is 0 Å². The smallest absolute Gasteiger partial charge is 0.305 e. The second kappa shape index (κ2) is 15.7. The third kappa shape index (κ3) is 7.40. The minimum absolute atomic E-state index is 0.161. The average Bonchev–Trinajstić information content (AvgIpc) is 3.44. The second-order valence-corrected chi connectivity index (χ2v) is 14.6. The summed E-state index contributed by atoms with van der Waals surface area (Å²) in [5.41, 5.74) is 4.40. The van der Waals surface area contributed by atoms with Crippen LogP contribution in [0.4, 0.5) is 11.4 Å². The molecule has 1 atom stereocenters. The molecular formula is C42H53N2O6+. The number of rotatable bonds is 16. The van der Waals surface area contributed by atoms with E-state index < -0.39 is 5.41 Å². The number of para-hydroxylation sites is 2. The highest BCUT2D eigenvalue weighted by atomic mass is 16.5. The van der Waals surface area contributed by atoms with E-state index in [9.17, 15) is 19.2 Å². The maximum atomic E-state index is 13.9. The van der Waals surface area contributed by atoms with Gasteiger partial charge in [-0.2, -0.15) is 4.58 Å². The van der Waals surface area contributed by atoms with E-state index in [1.807, 2.05) is 50.3 Å². The molecule has 0 saturated heterocycles. The minimum atomic E-state index is -0.395. The summed E-state index contributed by atoms with van der Waals surface area (Å²) in [5.74, 6) is -0.326. The number of hydrogen-bond acceptors (Lipinski definition) is 7. The molecule has 0 bridgehead atoms. The van der Waals surface area contributed by atoms with Gasteiger partial charge in [0, 0.05) is 54.6 Å². The zero-order valence-corrected chi connectivity index (χ0v) is 30.7. The third-order valence-electron chi connectivity index (χ3n) is 10.5. The van der Waals surface area contributed by atoms with Crippen molar-refractivity contribution in [3.63, 3.8) is 0 Å². The summed E-state index contributed by atoms with van der Waals surface area (Å²) in [5, 5.41) is 0.493. The van der Waals surface area contributed by atoms with Crippen molar-refractivity contribution in [2.24, 2.45) is 0 Å². The van der Waals surface area contributed by atoms with Gasteiger partial charge in [0.2, 0.25) is 16.5 Å². The summed E-state index contributed by atoms with van der Waals surface area (Å²) in [6.45, 7) is 14.5. The molecule has 0 aliphatic carbocycles. The van der Waals surface area contributed by atoms with Gasteiger partial charge in [-0.15, -0.1) is 0 Å². The number of anilines is 1. The molecule has 0 spiro atoms. The monoisotopic (exact) mass is 681 g/mol. The Labute approximate surface area is 295 Å². The van der Waals surface area contributed by atoms with E-state index in [0.29, 0.717) is 26.1 Å². The number of benzene rings is 2. The molecule has 0 N–H and O–H groups in total. The first-order valence-corrected chi connectivity index (χ1v) is 18.4. The number of fused-ring (bicyclic) bond motifs is 2. The van der Waals surface area contributed by atoms with Gasteiger partial charge in [0.15, 0.2) is 5.71 Å². The summed E-state index contributed by atoms with van der Waals surface area (Å²) in [4.78, 5) is 53.7. The standard InChI is InChI=1S/C42H53N2O6/c1-7-49-37(45)23-11-9-17-25-43-33-21-15-13-19-31(33)41(3,4)35(43)27-29-39(47)30(40(29)48)28-36-42(5,6)32-20-14-16-22-34(32)44(36)26-18-10-12-24-38(46)50-8-2/h13-16,19-22,27-28,35H,7-12,17-18,23-26H2,1-6H3/q+1. The molecule has 266 valence electrons. The number of carbonyl (C=O) groups is 2. The summed E-state index contributed by atoms with van der Waals surface area (Å²) in [7, 11) is 0. The number of hydrogen-bond donors (Lipinski definition) is 0. The van der Waals surface area contributed by atoms with Gasteiger partial charge in [0.25, 0.3) is 0 Å². The lowest BCUT2D eigenvalue weighted by molar-refractivity contribution is -0.437. The fraction of sp³-hybridized carbons (Fsp3) is 0.500. The fourth-order valence-electron chi connectivity index (χ4n) is 7.79. The molecule has 1 unspecified atom stereocenters. The Morgan fingerprint density at radius 1 is 0.760 bits per heavy atom. The van der Waals surface area contributed by atoms with Crippen LogP contribution in [0.3, 0.4) is 0 Å². The van der Waals surface area contributed by atoms with Crippen molar-refractivity contribution in [3.8, 4) is 0 Å². The molecular weight excluding hydrogens is 628 g/mol. The zero-order chi connectivity index (χ0) is 36.1. The molecule has 0 saturated carbocycles. The van der Waals surface area contributed by atoms with Gasteiger partial charge >= 0.3 is 11.9 Å². The first-order chi connectivity index (χ1) is 23.9. The van der Waals surface area contributed by atoms with Crippen molar-refractivity contribution in [3.05, 3.63) is 90.5 Å². The largest absolute Gasteiger partial charge is 0.466 e. The highest BCUT2D eigenvalue weighted by molar-refractivity contribution is 6.15. The molecule has 3 aromatic rings. The number of unbranched alkanes of at least 4 members (excludes halogenated alkanes) is 4. The zero-order valence-electron chi connectivity index (χ0n) is 30.7. The van der Waals surface area contributed by atoms with Crippen molar-refractivity contribution in [1.29, 1.82) is 0 Å². The molecule has 2 heterocycles. The van der Waals surface area contributed by atoms with Crippen LogP contribution in [0.25, 0.3) is 12.2 Å². The summed E-state index contributed by atoms with van der Waals surface area (Å²) < 4.78 is 12.4. The van der Waals surface area contributed by atoms with Gasteiger partial charge in [0.1, 0.15) is 6.54 Å². The van der Waals surface area contributed by atoms with E-state index in [2.05, 4.69) is 61.4 Å². The van der Waals surface area contributed by atoms with E-state index in [-0.39, 0.29) is 44.7 Å². The van der Waals surface area contributed by atoms with Gasteiger partial charge in [0.05, 0.1) is 35.1 Å². The van der Waals surface area contributed by atoms with E-state index in [1.54, 1.807) is 0 Å². The number of esters is 2. The first kappa shape index (κ1) is 36.9. The van der Waals surface area contributed by atoms with Crippen LogP contribution < -0.4 is 26.2 Å². The van der Waals surface area contributed by atoms with Gasteiger partial charge in [-0.25, -0.2) is 0 Å². The topological polar surface area (TPSA) is 93.0 Å². The van der Waals surface area contributed by atoms with Crippen LogP contribution in [0.1, 0.15) is 104 Å². The molecule has 3 aromatic carbocycles. The van der Waals surface area contributed by atoms with Gasteiger partial charge < -0.3 is 14.4 Å². The first-order valence-electron chi connectivity index (χ1n) is 18.4. The Morgan fingerprint density at radius 3 is 1.98 bits per heavy atom. The van der Waals surface area contributed by atoms with Gasteiger partial charge in [-0.05, 0) is 71.1 Å². The Balaban J connectivity index is 1.43. The maximum absolute atomic E-state index is 13.9. The Hall–Kier alpha value is -4.33. The maximum Gasteiger partial charge on any atom is 0.305 e. The van der Waals surface area contributed by atoms with Crippen LogP contribution in [-0.4, -0.2) is 54.6 Å². The SMILES string of the molecule is CCOC(=O)CCCCCN1c2ccccc2C(C)(C)C1C=c1c(=O)c(=CC2=[N+](CCCCCC(=O)OCC)c3ccccc3C2(C)C)c1=O. The summed E-state index contributed by atoms with van der Waals surface area (Å²) in [6, 6.07) is 16.4.